The van der Waals surface area contributed by atoms with E-state index in [0.717, 1.165) is 17.7 Å². The molecular weight excluding hydrogens is 467 g/mol. The normalized spacial score (nSPS) is 12.2. The van der Waals surface area contributed by atoms with Gasteiger partial charge in [0.25, 0.3) is 0 Å². The zero-order valence-corrected chi connectivity index (χ0v) is 20.6. The van der Waals surface area contributed by atoms with Gasteiger partial charge in [0.2, 0.25) is 5.91 Å². The monoisotopic (exact) mass is 504 g/mol. The molecule has 0 aromatic heterocycles. The van der Waals surface area contributed by atoms with Crippen LogP contribution in [-0.4, -0.2) is 36.1 Å². The molecule has 1 aromatic rings. The van der Waals surface area contributed by atoms with E-state index < -0.39 is 0 Å². The van der Waals surface area contributed by atoms with E-state index >= 15 is 0 Å². The summed E-state index contributed by atoms with van der Waals surface area (Å²) in [6.07, 6.45) is 0. The fraction of sp³-hybridized carbons (Fsp3) is 0.619. The molecule has 0 atom stereocenters. The van der Waals surface area contributed by atoms with Crippen molar-refractivity contribution in [1.29, 1.82) is 0 Å². The van der Waals surface area contributed by atoms with E-state index in [0.29, 0.717) is 19.1 Å². The maximum atomic E-state index is 12.0. The van der Waals surface area contributed by atoms with Crippen LogP contribution in [0.15, 0.2) is 29.3 Å². The van der Waals surface area contributed by atoms with E-state index in [2.05, 4.69) is 33.1 Å². The minimum absolute atomic E-state index is 0. The zero-order chi connectivity index (χ0) is 20.5. The van der Waals surface area contributed by atoms with Crippen molar-refractivity contribution in [3.63, 3.8) is 0 Å². The number of halogens is 1. The molecule has 0 aliphatic rings. The summed E-state index contributed by atoms with van der Waals surface area (Å²) in [5.74, 6) is 0.562. The third-order valence-corrected chi connectivity index (χ3v) is 3.36. The van der Waals surface area contributed by atoms with E-state index in [-0.39, 0.29) is 47.6 Å². The number of nitrogens with one attached hydrogen (secondary N) is 3. The van der Waals surface area contributed by atoms with Crippen LogP contribution in [0.25, 0.3) is 0 Å². The number of nitrogens with zero attached hydrogens (tertiary/aromatic N) is 1. The summed E-state index contributed by atoms with van der Waals surface area (Å²) in [5, 5.41) is 9.17. The molecule has 1 amide bonds. The van der Waals surface area contributed by atoms with Gasteiger partial charge in [-0.2, -0.15) is 0 Å². The predicted octanol–water partition coefficient (Wildman–Crippen LogP) is 3.59. The lowest BCUT2D eigenvalue weighted by atomic mass is 10.1. The minimum Gasteiger partial charge on any atom is -0.371 e. The van der Waals surface area contributed by atoms with Crippen LogP contribution in [0.2, 0.25) is 0 Å². The lowest BCUT2D eigenvalue weighted by Crippen LogP contribution is -2.48. The van der Waals surface area contributed by atoms with E-state index in [9.17, 15) is 4.79 Å². The Hall–Kier alpha value is -1.35. The molecule has 0 unspecified atom stereocenters. The van der Waals surface area contributed by atoms with E-state index in [1.807, 2.05) is 60.6 Å². The van der Waals surface area contributed by atoms with Gasteiger partial charge < -0.3 is 20.7 Å². The highest BCUT2D eigenvalue weighted by Gasteiger charge is 2.13. The summed E-state index contributed by atoms with van der Waals surface area (Å²) in [5.41, 5.74) is 1.81. The van der Waals surface area contributed by atoms with Crippen molar-refractivity contribution in [2.24, 2.45) is 4.99 Å². The molecule has 0 saturated carbocycles. The average Bonchev–Trinajstić information content (AvgIpc) is 2.54. The Morgan fingerprint density at radius 1 is 1.07 bits per heavy atom. The Kier molecular flexibility index (Phi) is 11.7. The van der Waals surface area contributed by atoms with Gasteiger partial charge >= 0.3 is 0 Å². The second-order valence-electron chi connectivity index (χ2n) is 8.57. The summed E-state index contributed by atoms with van der Waals surface area (Å²) in [6, 6.07) is 8.22. The molecule has 0 saturated heterocycles. The van der Waals surface area contributed by atoms with Gasteiger partial charge in [0.05, 0.1) is 25.3 Å². The maximum Gasteiger partial charge on any atom is 0.239 e. The topological polar surface area (TPSA) is 74.8 Å². The van der Waals surface area contributed by atoms with Crippen LogP contribution < -0.4 is 16.0 Å². The Balaban J connectivity index is 0.00000729. The lowest BCUT2D eigenvalue weighted by Gasteiger charge is -2.21. The number of hydrogen-bond donors (Lipinski definition) is 3. The number of aliphatic imine (C=N–C) groups is 1. The summed E-state index contributed by atoms with van der Waals surface area (Å²) >= 11 is 0. The van der Waals surface area contributed by atoms with Crippen LogP contribution in [0, 0.1) is 0 Å². The number of rotatable bonds is 7. The fourth-order valence-corrected chi connectivity index (χ4v) is 2.26. The Labute approximate surface area is 187 Å². The molecule has 1 aromatic carbocycles. The number of guanidine groups is 1. The van der Waals surface area contributed by atoms with Crippen molar-refractivity contribution in [3.8, 4) is 0 Å². The first kappa shape index (κ1) is 26.6. The van der Waals surface area contributed by atoms with Crippen molar-refractivity contribution >= 4 is 35.8 Å². The minimum atomic E-state index is -0.246. The molecule has 7 heteroatoms. The second-order valence-corrected chi connectivity index (χ2v) is 8.57. The van der Waals surface area contributed by atoms with E-state index in [1.165, 1.54) is 0 Å². The summed E-state index contributed by atoms with van der Waals surface area (Å²) in [4.78, 5) is 16.5. The molecule has 0 aliphatic heterocycles. The highest BCUT2D eigenvalue weighted by Crippen LogP contribution is 2.13. The van der Waals surface area contributed by atoms with Crippen LogP contribution in [0.4, 0.5) is 0 Å². The summed E-state index contributed by atoms with van der Waals surface area (Å²) < 4.78 is 5.83. The van der Waals surface area contributed by atoms with Crippen molar-refractivity contribution in [2.45, 2.75) is 72.8 Å². The van der Waals surface area contributed by atoms with Crippen molar-refractivity contribution in [1.82, 2.24) is 16.0 Å². The fourth-order valence-electron chi connectivity index (χ4n) is 2.26. The SMILES string of the molecule is CCNC(=NCc1cccc(COC(C)(C)C)c1)NCC(=O)NC(C)(C)C.I. The van der Waals surface area contributed by atoms with Gasteiger partial charge in [-0.05, 0) is 59.6 Å². The first-order valence-electron chi connectivity index (χ1n) is 9.53. The number of carbonyl (C=O) groups excluding carboxylic acids is 1. The number of hydrogen-bond acceptors (Lipinski definition) is 3. The van der Waals surface area contributed by atoms with Gasteiger partial charge in [0, 0.05) is 12.1 Å². The summed E-state index contributed by atoms with van der Waals surface area (Å²) in [6.45, 7) is 16.0. The Bertz CT molecular complexity index is 634. The number of carbonyl (C=O) groups is 1. The molecule has 0 heterocycles. The lowest BCUT2D eigenvalue weighted by molar-refractivity contribution is -0.121. The van der Waals surface area contributed by atoms with Crippen LogP contribution >= 0.6 is 24.0 Å². The smallest absolute Gasteiger partial charge is 0.239 e. The number of amides is 1. The molecule has 1 rings (SSSR count). The molecule has 0 fully saturated rings. The van der Waals surface area contributed by atoms with Crippen molar-refractivity contribution in [2.75, 3.05) is 13.1 Å². The van der Waals surface area contributed by atoms with Crippen LogP contribution in [0.1, 0.15) is 59.6 Å². The summed E-state index contributed by atoms with van der Waals surface area (Å²) in [7, 11) is 0. The molecule has 0 aliphatic carbocycles. The Morgan fingerprint density at radius 2 is 1.71 bits per heavy atom. The van der Waals surface area contributed by atoms with Gasteiger partial charge in [-0.3, -0.25) is 4.79 Å². The standard InChI is InChI=1S/C21H36N4O2.HI/c1-8-22-19(24-14-18(26)25-20(2,3)4)23-13-16-10-9-11-17(12-16)15-27-21(5,6)7;/h9-12H,8,13-15H2,1-7H3,(H,25,26)(H2,22,23,24);1H. The van der Waals surface area contributed by atoms with Crippen molar-refractivity contribution in [3.05, 3.63) is 35.4 Å². The maximum absolute atomic E-state index is 12.0. The molecule has 6 nitrogen and oxygen atoms in total. The number of benzene rings is 1. The van der Waals surface area contributed by atoms with Gasteiger partial charge in [-0.15, -0.1) is 24.0 Å². The predicted molar refractivity (Wildman–Crippen MR) is 127 cm³/mol. The highest BCUT2D eigenvalue weighted by molar-refractivity contribution is 14.0. The molecule has 3 N–H and O–H groups in total. The molecule has 0 bridgehead atoms. The highest BCUT2D eigenvalue weighted by atomic mass is 127. The van der Waals surface area contributed by atoms with E-state index in [1.54, 1.807) is 0 Å². The van der Waals surface area contributed by atoms with Gasteiger partial charge in [-0.1, -0.05) is 24.3 Å². The average molecular weight is 504 g/mol. The molecule has 28 heavy (non-hydrogen) atoms. The molecule has 0 spiro atoms. The van der Waals surface area contributed by atoms with Gasteiger partial charge in [0.15, 0.2) is 5.96 Å². The Morgan fingerprint density at radius 3 is 2.29 bits per heavy atom. The van der Waals surface area contributed by atoms with Gasteiger partial charge in [-0.25, -0.2) is 4.99 Å². The third kappa shape index (κ3) is 12.9. The first-order valence-corrected chi connectivity index (χ1v) is 9.53. The largest absolute Gasteiger partial charge is 0.371 e. The quantitative estimate of drug-likeness (QED) is 0.302. The number of ether oxygens (including phenoxy) is 1. The van der Waals surface area contributed by atoms with Crippen molar-refractivity contribution < 1.29 is 9.53 Å². The molecule has 0 radical (unpaired) electrons. The van der Waals surface area contributed by atoms with Crippen LogP contribution in [0.5, 0.6) is 0 Å². The molecular formula is C21H37IN4O2. The zero-order valence-electron chi connectivity index (χ0n) is 18.3. The van der Waals surface area contributed by atoms with Gasteiger partial charge in [0.1, 0.15) is 0 Å². The van der Waals surface area contributed by atoms with E-state index in [4.69, 9.17) is 4.74 Å². The molecule has 160 valence electrons. The first-order chi connectivity index (χ1) is 12.5. The third-order valence-electron chi connectivity index (χ3n) is 3.36. The second kappa shape index (κ2) is 12.3. The van der Waals surface area contributed by atoms with Crippen LogP contribution in [-0.2, 0) is 22.7 Å². The van der Waals surface area contributed by atoms with Crippen LogP contribution in [0.3, 0.4) is 0 Å².